The Bertz CT molecular complexity index is 1090. The van der Waals surface area contributed by atoms with Crippen molar-refractivity contribution in [3.8, 4) is 0 Å². The van der Waals surface area contributed by atoms with Gasteiger partial charge in [-0.25, -0.2) is 4.79 Å². The number of primary amides is 1. The van der Waals surface area contributed by atoms with Gasteiger partial charge in [0, 0.05) is 29.7 Å². The number of urea groups is 1. The van der Waals surface area contributed by atoms with Crippen molar-refractivity contribution in [1.82, 2.24) is 20.8 Å². The lowest BCUT2D eigenvalue weighted by atomic mass is 10.1. The number of anilines is 1. The van der Waals surface area contributed by atoms with Gasteiger partial charge in [0.25, 0.3) is 5.91 Å². The highest BCUT2D eigenvalue weighted by Gasteiger charge is 2.06. The number of nitrogens with one attached hydrogen (secondary N) is 4. The predicted octanol–water partition coefficient (Wildman–Crippen LogP) is 1.70. The lowest BCUT2D eigenvalue weighted by Crippen LogP contribution is -2.26. The molecule has 30 heavy (non-hydrogen) atoms. The highest BCUT2D eigenvalue weighted by atomic mass is 16.2. The zero-order valence-corrected chi connectivity index (χ0v) is 16.1. The van der Waals surface area contributed by atoms with Crippen molar-refractivity contribution < 1.29 is 14.4 Å². The molecule has 1 heterocycles. The first-order chi connectivity index (χ1) is 14.5. The first-order valence-electron chi connectivity index (χ1n) is 9.29. The summed E-state index contributed by atoms with van der Waals surface area (Å²) in [5.74, 6) is -0.382. The van der Waals surface area contributed by atoms with E-state index in [1.54, 1.807) is 36.5 Å². The van der Waals surface area contributed by atoms with Crippen molar-refractivity contribution in [1.29, 1.82) is 0 Å². The summed E-state index contributed by atoms with van der Waals surface area (Å²) in [6, 6.07) is 11.5. The van der Waals surface area contributed by atoms with Crippen LogP contribution < -0.4 is 21.7 Å². The Morgan fingerprint density at radius 1 is 1.03 bits per heavy atom. The minimum Gasteiger partial charge on any atom is -0.352 e. The Morgan fingerprint density at radius 3 is 2.63 bits per heavy atom. The number of nitrogens with zero attached hydrogens (tertiary/aromatic N) is 1. The van der Waals surface area contributed by atoms with Crippen LogP contribution in [0.3, 0.4) is 0 Å². The Kier molecular flexibility index (Phi) is 6.78. The fourth-order valence-electron chi connectivity index (χ4n) is 2.82. The van der Waals surface area contributed by atoms with Gasteiger partial charge in [0.1, 0.15) is 0 Å². The second-order valence-corrected chi connectivity index (χ2v) is 6.52. The molecule has 6 N–H and O–H groups in total. The topological polar surface area (TPSA) is 142 Å². The number of rotatable bonds is 8. The molecule has 9 heteroatoms. The van der Waals surface area contributed by atoms with Crippen LogP contribution in [0.4, 0.5) is 10.5 Å². The number of nitrogens with two attached hydrogens (primary N) is 1. The first kappa shape index (κ1) is 20.6. The summed E-state index contributed by atoms with van der Waals surface area (Å²) >= 11 is 0. The maximum atomic E-state index is 12.1. The molecule has 0 radical (unpaired) electrons. The van der Waals surface area contributed by atoms with Crippen molar-refractivity contribution in [3.63, 3.8) is 0 Å². The molecule has 2 aromatic carbocycles. The summed E-state index contributed by atoms with van der Waals surface area (Å²) in [6.45, 7) is 0.664. The van der Waals surface area contributed by atoms with Gasteiger partial charge in [0.05, 0.1) is 18.1 Å². The van der Waals surface area contributed by atoms with E-state index in [1.807, 2.05) is 18.2 Å². The van der Waals surface area contributed by atoms with E-state index in [0.717, 1.165) is 16.5 Å². The average molecular weight is 406 g/mol. The predicted molar refractivity (Wildman–Crippen MR) is 114 cm³/mol. The van der Waals surface area contributed by atoms with Gasteiger partial charge >= 0.3 is 6.03 Å². The Labute approximate surface area is 172 Å². The van der Waals surface area contributed by atoms with Gasteiger partial charge in [-0.3, -0.25) is 14.7 Å². The number of hydrogen-bond acceptors (Lipinski definition) is 4. The third kappa shape index (κ3) is 5.93. The third-order valence-electron chi connectivity index (χ3n) is 4.23. The highest BCUT2D eigenvalue weighted by Crippen LogP contribution is 2.13. The number of carbonyl (C=O) groups is 3. The molecule has 0 aliphatic rings. The number of aromatic nitrogens is 2. The number of aromatic amines is 1. The van der Waals surface area contributed by atoms with Crippen LogP contribution in [0, 0.1) is 0 Å². The number of hydrogen-bond donors (Lipinski definition) is 5. The second-order valence-electron chi connectivity index (χ2n) is 6.52. The normalized spacial score (nSPS) is 10.8. The van der Waals surface area contributed by atoms with Crippen LogP contribution in [0.5, 0.6) is 0 Å². The van der Waals surface area contributed by atoms with Crippen LogP contribution in [0.25, 0.3) is 10.9 Å². The van der Waals surface area contributed by atoms with E-state index in [4.69, 9.17) is 5.73 Å². The summed E-state index contributed by atoms with van der Waals surface area (Å²) in [5.41, 5.74) is 7.70. The van der Waals surface area contributed by atoms with E-state index in [0.29, 0.717) is 24.3 Å². The van der Waals surface area contributed by atoms with Gasteiger partial charge in [0.2, 0.25) is 5.91 Å². The quantitative estimate of drug-likeness (QED) is 0.363. The number of fused-ring (bicyclic) bond motifs is 1. The van der Waals surface area contributed by atoms with E-state index in [1.165, 1.54) is 6.07 Å². The molecule has 9 nitrogen and oxygen atoms in total. The molecule has 0 atom stereocenters. The SMILES string of the molecule is NC(=O)Nc1cccc(C(=O)NC/C=C\CNC(=O)Cc2ccc3cn[nH]c3c2)c1. The molecule has 0 aliphatic heterocycles. The molecule has 154 valence electrons. The molecule has 3 aromatic rings. The van der Waals surface area contributed by atoms with Gasteiger partial charge in [-0.1, -0.05) is 30.4 Å². The molecule has 0 unspecified atom stereocenters. The minimum absolute atomic E-state index is 0.0960. The van der Waals surface area contributed by atoms with Crippen molar-refractivity contribution >= 4 is 34.4 Å². The maximum Gasteiger partial charge on any atom is 0.316 e. The van der Waals surface area contributed by atoms with E-state index in [2.05, 4.69) is 26.1 Å². The Balaban J connectivity index is 1.38. The van der Waals surface area contributed by atoms with Crippen LogP contribution in [0.15, 0.2) is 60.8 Å². The van der Waals surface area contributed by atoms with Gasteiger partial charge in [-0.2, -0.15) is 5.10 Å². The number of amides is 4. The van der Waals surface area contributed by atoms with Crippen molar-refractivity contribution in [2.45, 2.75) is 6.42 Å². The Hall–Kier alpha value is -4.14. The summed E-state index contributed by atoms with van der Waals surface area (Å²) in [5, 5.41) is 15.8. The molecular weight excluding hydrogens is 384 g/mol. The van der Waals surface area contributed by atoms with Crippen LogP contribution in [0.1, 0.15) is 15.9 Å². The van der Waals surface area contributed by atoms with Gasteiger partial charge < -0.3 is 21.7 Å². The third-order valence-corrected chi connectivity index (χ3v) is 4.23. The molecular formula is C21H22N6O3. The van der Waals surface area contributed by atoms with E-state index in [9.17, 15) is 14.4 Å². The molecule has 0 aliphatic carbocycles. The molecule has 0 spiro atoms. The standard InChI is InChI=1S/C21H22N6O3/c22-21(30)26-17-5-3-4-15(12-17)20(29)24-9-2-1-8-23-19(28)11-14-6-7-16-13-25-27-18(16)10-14/h1-7,10,12-13H,8-9,11H2,(H,23,28)(H,24,29)(H,25,27)(H3,22,26,30)/b2-1-. The maximum absolute atomic E-state index is 12.1. The summed E-state index contributed by atoms with van der Waals surface area (Å²) in [7, 11) is 0. The van der Waals surface area contributed by atoms with Gasteiger partial charge in [-0.15, -0.1) is 0 Å². The molecule has 4 amide bonds. The zero-order valence-electron chi connectivity index (χ0n) is 16.1. The van der Waals surface area contributed by atoms with Crippen LogP contribution in [-0.4, -0.2) is 41.1 Å². The molecule has 3 rings (SSSR count). The van der Waals surface area contributed by atoms with Crippen molar-refractivity contribution in [3.05, 3.63) is 71.9 Å². The average Bonchev–Trinajstić information content (AvgIpc) is 3.18. The fourth-order valence-corrected chi connectivity index (χ4v) is 2.82. The number of benzene rings is 2. The Morgan fingerprint density at radius 2 is 1.83 bits per heavy atom. The largest absolute Gasteiger partial charge is 0.352 e. The lowest BCUT2D eigenvalue weighted by Gasteiger charge is -2.06. The van der Waals surface area contributed by atoms with Gasteiger partial charge in [0.15, 0.2) is 0 Å². The zero-order chi connectivity index (χ0) is 21.3. The van der Waals surface area contributed by atoms with E-state index < -0.39 is 6.03 Å². The minimum atomic E-state index is -0.695. The molecule has 0 saturated carbocycles. The molecule has 0 bridgehead atoms. The van der Waals surface area contributed by atoms with Crippen LogP contribution in [-0.2, 0) is 11.2 Å². The van der Waals surface area contributed by atoms with E-state index in [-0.39, 0.29) is 18.2 Å². The number of H-pyrrole nitrogens is 1. The highest BCUT2D eigenvalue weighted by molar-refractivity contribution is 5.96. The smallest absolute Gasteiger partial charge is 0.316 e. The van der Waals surface area contributed by atoms with Crippen LogP contribution >= 0.6 is 0 Å². The van der Waals surface area contributed by atoms with Crippen LogP contribution in [0.2, 0.25) is 0 Å². The second kappa shape index (κ2) is 9.87. The van der Waals surface area contributed by atoms with Gasteiger partial charge in [-0.05, 0) is 29.8 Å². The summed E-state index contributed by atoms with van der Waals surface area (Å²) in [4.78, 5) is 35.1. The van der Waals surface area contributed by atoms with E-state index >= 15 is 0 Å². The summed E-state index contributed by atoms with van der Waals surface area (Å²) < 4.78 is 0. The molecule has 1 aromatic heterocycles. The molecule has 0 fully saturated rings. The molecule has 0 saturated heterocycles. The van der Waals surface area contributed by atoms with Crippen molar-refractivity contribution in [2.24, 2.45) is 5.73 Å². The lowest BCUT2D eigenvalue weighted by molar-refractivity contribution is -0.120. The monoisotopic (exact) mass is 406 g/mol. The summed E-state index contributed by atoms with van der Waals surface area (Å²) in [6.07, 6.45) is 5.52. The van der Waals surface area contributed by atoms with Crippen molar-refractivity contribution in [2.75, 3.05) is 18.4 Å². The first-order valence-corrected chi connectivity index (χ1v) is 9.29. The fraction of sp³-hybridized carbons (Fsp3) is 0.143. The number of carbonyl (C=O) groups excluding carboxylic acids is 3.